The summed E-state index contributed by atoms with van der Waals surface area (Å²) in [5.41, 5.74) is 6.81. The zero-order valence-electron chi connectivity index (χ0n) is 16.3. The van der Waals surface area contributed by atoms with Crippen LogP contribution in [0.2, 0.25) is 0 Å². The number of hydrazine groups is 1. The van der Waals surface area contributed by atoms with Gasteiger partial charge in [0.25, 0.3) is 5.91 Å². The highest BCUT2D eigenvalue weighted by molar-refractivity contribution is 7.80. The summed E-state index contributed by atoms with van der Waals surface area (Å²) in [7, 11) is 0. The van der Waals surface area contributed by atoms with Crippen LogP contribution < -0.4 is 20.9 Å². The number of hydrogen-bond acceptors (Lipinski definition) is 4. The Morgan fingerprint density at radius 2 is 1.77 bits per heavy atom. The molecule has 152 valence electrons. The lowest BCUT2D eigenvalue weighted by atomic mass is 10.0. The van der Waals surface area contributed by atoms with E-state index in [1.807, 2.05) is 67.6 Å². The van der Waals surface area contributed by atoms with Crippen molar-refractivity contribution < 1.29 is 14.3 Å². The van der Waals surface area contributed by atoms with Crippen LogP contribution in [0.25, 0.3) is 16.8 Å². The van der Waals surface area contributed by atoms with Gasteiger partial charge in [0.2, 0.25) is 5.91 Å². The Balaban J connectivity index is 1.44. The Kier molecular flexibility index (Phi) is 7.13. The third-order valence-electron chi connectivity index (χ3n) is 4.15. The van der Waals surface area contributed by atoms with Crippen molar-refractivity contribution in [3.63, 3.8) is 0 Å². The number of hydrogen-bond donors (Lipinski definition) is 3. The molecule has 0 atom stereocenters. The number of carbonyl (C=O) groups excluding carboxylic acids is 2. The second kappa shape index (κ2) is 10.2. The van der Waals surface area contributed by atoms with Crippen LogP contribution in [-0.4, -0.2) is 23.5 Å². The molecule has 3 aromatic carbocycles. The van der Waals surface area contributed by atoms with Crippen molar-refractivity contribution in [2.24, 2.45) is 0 Å². The highest BCUT2D eigenvalue weighted by Gasteiger charge is 2.05. The first-order valence-corrected chi connectivity index (χ1v) is 9.67. The minimum atomic E-state index is -0.431. The Bertz CT molecular complexity index is 1110. The van der Waals surface area contributed by atoms with Gasteiger partial charge in [-0.25, -0.2) is 0 Å². The first-order chi connectivity index (χ1) is 14.5. The van der Waals surface area contributed by atoms with E-state index in [0.717, 1.165) is 21.9 Å². The fourth-order valence-corrected chi connectivity index (χ4v) is 2.91. The van der Waals surface area contributed by atoms with E-state index in [1.165, 1.54) is 6.08 Å². The Hall–Kier alpha value is -3.71. The van der Waals surface area contributed by atoms with Crippen LogP contribution in [-0.2, 0) is 9.59 Å². The van der Waals surface area contributed by atoms with Gasteiger partial charge in [-0.1, -0.05) is 54.6 Å². The van der Waals surface area contributed by atoms with Crippen molar-refractivity contribution in [2.75, 3.05) is 6.61 Å². The highest BCUT2D eigenvalue weighted by Crippen LogP contribution is 2.19. The molecule has 0 bridgehead atoms. The van der Waals surface area contributed by atoms with E-state index in [2.05, 4.69) is 16.2 Å². The summed E-state index contributed by atoms with van der Waals surface area (Å²) in [5, 5.41) is 4.59. The third kappa shape index (κ3) is 6.15. The molecule has 7 heteroatoms. The maximum absolute atomic E-state index is 12.1. The summed E-state index contributed by atoms with van der Waals surface area (Å²) in [6, 6.07) is 21.2. The molecule has 0 aliphatic heterocycles. The van der Waals surface area contributed by atoms with Gasteiger partial charge in [0.05, 0.1) is 0 Å². The van der Waals surface area contributed by atoms with Crippen LogP contribution in [0.5, 0.6) is 5.75 Å². The lowest BCUT2D eigenvalue weighted by Gasteiger charge is -2.10. The molecule has 30 heavy (non-hydrogen) atoms. The molecule has 0 spiro atoms. The molecule has 0 unspecified atom stereocenters. The summed E-state index contributed by atoms with van der Waals surface area (Å²) < 4.78 is 5.39. The monoisotopic (exact) mass is 419 g/mol. The van der Waals surface area contributed by atoms with Crippen molar-refractivity contribution in [1.82, 2.24) is 16.2 Å². The second-order valence-electron chi connectivity index (χ2n) is 6.50. The standard InChI is InChI=1S/C23H21N3O3S/c1-16-6-4-10-19(14-16)29-15-22(28)25-26-23(30)24-21(27)13-12-18-9-5-8-17-7-2-3-11-20(17)18/h2-14H,15H2,1H3,(H,25,28)(H2,24,26,27,30). The Morgan fingerprint density at radius 1 is 1.00 bits per heavy atom. The van der Waals surface area contributed by atoms with E-state index < -0.39 is 11.8 Å². The number of thiocarbonyl (C=S) groups is 1. The van der Waals surface area contributed by atoms with Gasteiger partial charge in [0.1, 0.15) is 5.75 Å². The summed E-state index contributed by atoms with van der Waals surface area (Å²) >= 11 is 5.02. The fourth-order valence-electron chi connectivity index (χ4n) is 2.76. The van der Waals surface area contributed by atoms with Crippen molar-refractivity contribution >= 4 is 46.0 Å². The van der Waals surface area contributed by atoms with Gasteiger partial charge >= 0.3 is 0 Å². The van der Waals surface area contributed by atoms with Gasteiger partial charge < -0.3 is 4.74 Å². The number of benzene rings is 3. The molecule has 3 N–H and O–H groups in total. The summed E-state index contributed by atoms with van der Waals surface area (Å²) in [4.78, 5) is 23.9. The van der Waals surface area contributed by atoms with E-state index in [-0.39, 0.29) is 11.7 Å². The van der Waals surface area contributed by atoms with Gasteiger partial charge in [0, 0.05) is 6.08 Å². The average Bonchev–Trinajstić information content (AvgIpc) is 2.75. The first kappa shape index (κ1) is 21.0. The predicted octanol–water partition coefficient (Wildman–Crippen LogP) is 3.26. The third-order valence-corrected chi connectivity index (χ3v) is 4.35. The molecular weight excluding hydrogens is 398 g/mol. The minimum Gasteiger partial charge on any atom is -0.484 e. The number of rotatable bonds is 5. The molecule has 3 aromatic rings. The number of carbonyl (C=O) groups is 2. The number of ether oxygens (including phenoxy) is 1. The van der Waals surface area contributed by atoms with Crippen molar-refractivity contribution in [2.45, 2.75) is 6.92 Å². The van der Waals surface area contributed by atoms with Gasteiger partial charge in [-0.3, -0.25) is 25.8 Å². The van der Waals surface area contributed by atoms with Crippen LogP contribution in [0, 0.1) is 6.92 Å². The predicted molar refractivity (Wildman–Crippen MR) is 122 cm³/mol. The van der Waals surface area contributed by atoms with E-state index >= 15 is 0 Å². The first-order valence-electron chi connectivity index (χ1n) is 9.26. The van der Waals surface area contributed by atoms with E-state index in [1.54, 1.807) is 12.1 Å². The molecule has 0 saturated carbocycles. The molecule has 0 saturated heterocycles. The van der Waals surface area contributed by atoms with Gasteiger partial charge in [-0.2, -0.15) is 0 Å². The minimum absolute atomic E-state index is 0.0218. The van der Waals surface area contributed by atoms with Crippen LogP contribution >= 0.6 is 12.2 Å². The normalized spacial score (nSPS) is 10.6. The van der Waals surface area contributed by atoms with Gasteiger partial charge in [-0.15, -0.1) is 0 Å². The molecule has 0 aromatic heterocycles. The highest BCUT2D eigenvalue weighted by atomic mass is 32.1. The molecule has 0 heterocycles. The SMILES string of the molecule is Cc1cccc(OCC(=O)NNC(=S)NC(=O)C=Cc2cccc3ccccc23)c1. The van der Waals surface area contributed by atoms with Crippen molar-refractivity contribution in [1.29, 1.82) is 0 Å². The van der Waals surface area contributed by atoms with E-state index in [4.69, 9.17) is 17.0 Å². The number of aryl methyl sites for hydroxylation is 1. The van der Waals surface area contributed by atoms with Crippen LogP contribution in [0.1, 0.15) is 11.1 Å². The lowest BCUT2D eigenvalue weighted by Crippen LogP contribution is -2.49. The zero-order chi connectivity index (χ0) is 21.3. The molecule has 0 aliphatic carbocycles. The molecule has 0 fully saturated rings. The molecule has 3 rings (SSSR count). The number of nitrogens with one attached hydrogen (secondary N) is 3. The summed E-state index contributed by atoms with van der Waals surface area (Å²) in [6.45, 7) is 1.75. The fraction of sp³-hybridized carbons (Fsp3) is 0.0870. The Morgan fingerprint density at radius 3 is 2.60 bits per heavy atom. The van der Waals surface area contributed by atoms with E-state index in [9.17, 15) is 9.59 Å². The van der Waals surface area contributed by atoms with E-state index in [0.29, 0.717) is 5.75 Å². The molecule has 2 amide bonds. The summed E-state index contributed by atoms with van der Waals surface area (Å²) in [6.07, 6.45) is 3.10. The summed E-state index contributed by atoms with van der Waals surface area (Å²) in [5.74, 6) is -0.246. The quantitative estimate of drug-likeness (QED) is 0.336. The maximum Gasteiger partial charge on any atom is 0.276 e. The zero-order valence-corrected chi connectivity index (χ0v) is 17.2. The second-order valence-corrected chi connectivity index (χ2v) is 6.91. The van der Waals surface area contributed by atoms with Crippen molar-refractivity contribution in [3.05, 3.63) is 83.9 Å². The van der Waals surface area contributed by atoms with Crippen LogP contribution in [0.4, 0.5) is 0 Å². The molecular formula is C23H21N3O3S. The smallest absolute Gasteiger partial charge is 0.276 e. The van der Waals surface area contributed by atoms with Crippen LogP contribution in [0.15, 0.2) is 72.8 Å². The van der Waals surface area contributed by atoms with Crippen molar-refractivity contribution in [3.8, 4) is 5.75 Å². The Labute approximate surface area is 179 Å². The van der Waals surface area contributed by atoms with Gasteiger partial charge in [-0.05, 0) is 59.2 Å². The average molecular weight is 420 g/mol. The number of fused-ring (bicyclic) bond motifs is 1. The van der Waals surface area contributed by atoms with Crippen LogP contribution in [0.3, 0.4) is 0 Å². The number of amides is 2. The largest absolute Gasteiger partial charge is 0.484 e. The topological polar surface area (TPSA) is 79.5 Å². The lowest BCUT2D eigenvalue weighted by molar-refractivity contribution is -0.123. The van der Waals surface area contributed by atoms with Gasteiger partial charge in [0.15, 0.2) is 11.7 Å². The molecule has 0 radical (unpaired) electrons. The molecule has 6 nitrogen and oxygen atoms in total. The molecule has 0 aliphatic rings. The maximum atomic E-state index is 12.1.